The molecule has 0 fully saturated rings. The van der Waals surface area contributed by atoms with Crippen molar-refractivity contribution in [2.24, 2.45) is 0 Å². The molecule has 0 saturated heterocycles. The fourth-order valence-corrected chi connectivity index (χ4v) is 8.02. The molecule has 1 aromatic rings. The molecule has 0 unspecified atom stereocenters. The quantitative estimate of drug-likeness (QED) is 0.548. The number of ether oxygens (including phenoxy) is 1. The van der Waals surface area contributed by atoms with Crippen LogP contribution in [0.15, 0.2) is 5.57 Å². The molecule has 2 aliphatic carbocycles. The molecule has 0 saturated carbocycles. The Hall–Kier alpha value is -1.34. The van der Waals surface area contributed by atoms with Gasteiger partial charge < -0.3 is 9.16 Å². The lowest BCUT2D eigenvalue weighted by molar-refractivity contribution is 0.103. The molecule has 0 atom stereocenters. The summed E-state index contributed by atoms with van der Waals surface area (Å²) in [5.74, 6) is 1.89. The number of benzene rings is 1. The molecule has 158 valence electrons. The smallest absolute Gasteiger partial charge is 0.250 e. The highest BCUT2D eigenvalue weighted by Crippen LogP contribution is 2.52. The van der Waals surface area contributed by atoms with Crippen LogP contribution in [0.3, 0.4) is 0 Å². The van der Waals surface area contributed by atoms with Crippen LogP contribution in [0.5, 0.6) is 11.5 Å². The van der Waals surface area contributed by atoms with Crippen LogP contribution in [0.2, 0.25) is 37.8 Å². The van der Waals surface area contributed by atoms with E-state index in [4.69, 9.17) is 9.16 Å². The summed E-state index contributed by atoms with van der Waals surface area (Å²) in [6, 6.07) is 0. The summed E-state index contributed by atoms with van der Waals surface area (Å²) in [5.41, 5.74) is 5.85. The first-order chi connectivity index (χ1) is 13.3. The van der Waals surface area contributed by atoms with E-state index in [9.17, 15) is 4.79 Å². The van der Waals surface area contributed by atoms with Crippen LogP contribution in [0.1, 0.15) is 67.9 Å². The predicted octanol–water partition coefficient (Wildman–Crippen LogP) is 6.07. The Kier molecular flexibility index (Phi) is 4.75. The molecule has 0 aromatic heterocycles. The standard InChI is InChI=1S/C24H36O3Si2/c1-24(2,3)29(7,8)27-22-19-18(15-11-9-10-12-16(15)20(19)25)23(28(4,5)6)17-13-14-26-21(17)22/h9-14H2,1-8H3. The highest BCUT2D eigenvalue weighted by atomic mass is 28.4. The maximum atomic E-state index is 13.7. The first-order valence-corrected chi connectivity index (χ1v) is 17.6. The van der Waals surface area contributed by atoms with Gasteiger partial charge in [0.15, 0.2) is 17.3 Å². The van der Waals surface area contributed by atoms with Gasteiger partial charge >= 0.3 is 0 Å². The first kappa shape index (κ1) is 20.9. The normalized spacial score (nSPS) is 19.1. The molecule has 0 spiro atoms. The Morgan fingerprint density at radius 3 is 2.10 bits per heavy atom. The van der Waals surface area contributed by atoms with Crippen LogP contribution in [0.4, 0.5) is 0 Å². The van der Waals surface area contributed by atoms with E-state index >= 15 is 0 Å². The van der Waals surface area contributed by atoms with Gasteiger partial charge in [-0.2, -0.15) is 0 Å². The summed E-state index contributed by atoms with van der Waals surface area (Å²) in [4.78, 5) is 13.7. The number of fused-ring (bicyclic) bond motifs is 3. The van der Waals surface area contributed by atoms with Gasteiger partial charge in [0, 0.05) is 17.6 Å². The molecule has 1 aliphatic heterocycles. The second-order valence-corrected chi connectivity index (χ2v) is 21.2. The highest BCUT2D eigenvalue weighted by molar-refractivity contribution is 6.90. The Morgan fingerprint density at radius 2 is 1.52 bits per heavy atom. The maximum Gasteiger partial charge on any atom is 0.250 e. The molecular weight excluding hydrogens is 392 g/mol. The molecule has 3 aliphatic rings. The fourth-order valence-electron chi connectivity index (χ4n) is 4.83. The van der Waals surface area contributed by atoms with Gasteiger partial charge in [-0.05, 0) is 60.1 Å². The lowest BCUT2D eigenvalue weighted by Gasteiger charge is -2.38. The van der Waals surface area contributed by atoms with E-state index in [1.54, 1.807) is 0 Å². The summed E-state index contributed by atoms with van der Waals surface area (Å²) in [5, 5.41) is 1.53. The molecular formula is C24H36O3Si2. The zero-order chi connectivity index (χ0) is 21.4. The zero-order valence-corrected chi connectivity index (χ0v) is 21.5. The molecule has 3 nitrogen and oxygen atoms in total. The third kappa shape index (κ3) is 3.16. The molecule has 29 heavy (non-hydrogen) atoms. The van der Waals surface area contributed by atoms with Crippen molar-refractivity contribution in [3.8, 4) is 11.5 Å². The highest BCUT2D eigenvalue weighted by Gasteiger charge is 2.46. The Bertz CT molecular complexity index is 927. The van der Waals surface area contributed by atoms with Gasteiger partial charge in [-0.25, -0.2) is 0 Å². The van der Waals surface area contributed by atoms with Crippen LogP contribution in [-0.4, -0.2) is 28.8 Å². The number of hydrogen-bond acceptors (Lipinski definition) is 3. The van der Waals surface area contributed by atoms with Gasteiger partial charge in [-0.3, -0.25) is 4.79 Å². The number of Topliss-reactive ketones (excluding diaryl/α,β-unsaturated/α-hetero) is 1. The number of carbonyl (C=O) groups is 1. The van der Waals surface area contributed by atoms with Crippen molar-refractivity contribution in [1.29, 1.82) is 0 Å². The monoisotopic (exact) mass is 428 g/mol. The second-order valence-electron chi connectivity index (χ2n) is 11.5. The minimum absolute atomic E-state index is 0.0670. The van der Waals surface area contributed by atoms with E-state index in [0.717, 1.165) is 48.3 Å². The summed E-state index contributed by atoms with van der Waals surface area (Å²) in [6.07, 6.45) is 5.19. The zero-order valence-electron chi connectivity index (χ0n) is 19.5. The SMILES string of the molecule is CC(C)(C)[Si](C)(C)Oc1c2c(c([Si](C)(C)C)c3c1C(=O)C1=C3CCCC1)CCO2. The molecule has 0 radical (unpaired) electrons. The predicted molar refractivity (Wildman–Crippen MR) is 126 cm³/mol. The maximum absolute atomic E-state index is 13.7. The van der Waals surface area contributed by atoms with Gasteiger partial charge in [0.1, 0.15) is 0 Å². The first-order valence-electron chi connectivity index (χ1n) is 11.2. The Labute approximate surface area is 178 Å². The third-order valence-corrected chi connectivity index (χ3v) is 13.7. The average molecular weight is 429 g/mol. The fraction of sp³-hybridized carbons (Fsp3) is 0.625. The van der Waals surface area contributed by atoms with Crippen LogP contribution in [0, 0.1) is 0 Å². The lowest BCUT2D eigenvalue weighted by Crippen LogP contribution is -2.45. The summed E-state index contributed by atoms with van der Waals surface area (Å²) in [6.45, 7) is 19.2. The third-order valence-electron chi connectivity index (χ3n) is 7.29. The van der Waals surface area contributed by atoms with Crippen molar-refractivity contribution in [1.82, 2.24) is 0 Å². The molecule has 5 heteroatoms. The van der Waals surface area contributed by atoms with Crippen LogP contribution in [0.25, 0.3) is 5.57 Å². The molecule has 1 aromatic carbocycles. The number of hydrogen-bond donors (Lipinski definition) is 0. The summed E-state index contributed by atoms with van der Waals surface area (Å²) < 4.78 is 13.1. The van der Waals surface area contributed by atoms with E-state index in [-0.39, 0.29) is 10.8 Å². The van der Waals surface area contributed by atoms with Crippen molar-refractivity contribution in [2.45, 2.75) is 90.6 Å². The Balaban J connectivity index is 2.03. The van der Waals surface area contributed by atoms with Crippen LogP contribution >= 0.6 is 0 Å². The molecule has 4 rings (SSSR count). The van der Waals surface area contributed by atoms with Crippen LogP contribution < -0.4 is 14.3 Å². The van der Waals surface area contributed by atoms with Gasteiger partial charge in [0.25, 0.3) is 8.32 Å². The van der Waals surface area contributed by atoms with Gasteiger partial charge in [0.2, 0.25) is 0 Å². The second kappa shape index (κ2) is 6.58. The largest absolute Gasteiger partial charge is 0.541 e. The topological polar surface area (TPSA) is 35.5 Å². The summed E-state index contributed by atoms with van der Waals surface area (Å²) >= 11 is 0. The van der Waals surface area contributed by atoms with Gasteiger partial charge in [-0.1, -0.05) is 40.4 Å². The Morgan fingerprint density at radius 1 is 0.897 bits per heavy atom. The van der Waals surface area contributed by atoms with Crippen molar-refractivity contribution in [3.05, 3.63) is 22.3 Å². The number of allylic oxidation sites excluding steroid dienone is 2. The van der Waals surface area contributed by atoms with E-state index in [1.165, 1.54) is 28.3 Å². The number of carbonyl (C=O) groups excluding carboxylic acids is 1. The van der Waals surface area contributed by atoms with E-state index in [2.05, 4.69) is 53.5 Å². The molecule has 0 amide bonds. The number of ketones is 1. The minimum Gasteiger partial charge on any atom is -0.541 e. The van der Waals surface area contributed by atoms with E-state index in [0.29, 0.717) is 6.61 Å². The van der Waals surface area contributed by atoms with Gasteiger partial charge in [-0.15, -0.1) is 0 Å². The van der Waals surface area contributed by atoms with E-state index in [1.807, 2.05) is 0 Å². The van der Waals surface area contributed by atoms with Crippen molar-refractivity contribution in [3.63, 3.8) is 0 Å². The lowest BCUT2D eigenvalue weighted by atomic mass is 9.91. The minimum atomic E-state index is -2.11. The van der Waals surface area contributed by atoms with Crippen molar-refractivity contribution >= 4 is 32.9 Å². The van der Waals surface area contributed by atoms with Gasteiger partial charge in [0.05, 0.1) is 20.2 Å². The average Bonchev–Trinajstić information content (AvgIpc) is 3.17. The molecule has 0 N–H and O–H groups in total. The van der Waals surface area contributed by atoms with Crippen LogP contribution in [-0.2, 0) is 6.42 Å². The van der Waals surface area contributed by atoms with Crippen molar-refractivity contribution < 1.29 is 14.0 Å². The molecule has 0 bridgehead atoms. The molecule has 1 heterocycles. The number of rotatable bonds is 3. The van der Waals surface area contributed by atoms with Crippen molar-refractivity contribution in [2.75, 3.05) is 6.61 Å². The summed E-state index contributed by atoms with van der Waals surface area (Å²) in [7, 11) is -3.79. The van der Waals surface area contributed by atoms with E-state index < -0.39 is 16.4 Å².